The van der Waals surface area contributed by atoms with Crippen LogP contribution >= 0.6 is 11.6 Å². The fourth-order valence-electron chi connectivity index (χ4n) is 5.38. The number of hydrogen-bond acceptors (Lipinski definition) is 7. The standard InChI is InChI=1S/C30H43ClFN7O3/c1-21(5-7-24(22(2)31)30(41)38-16-14-37(15-17-38)13-10-33-11-18-40)36-28-29-35-20-26(39(29)12-4-9-34-28)23-6-8-27(42-3)25(32)19-23/h4,6,8-9,19-22,24,33,40H,5,7,10-18H2,1-3H3,(H,34,36). The molecule has 1 fully saturated rings. The van der Waals surface area contributed by atoms with Crippen molar-refractivity contribution in [2.45, 2.75) is 44.7 Å². The van der Waals surface area contributed by atoms with Crippen LogP contribution in [-0.4, -0.2) is 107 Å². The molecule has 42 heavy (non-hydrogen) atoms. The van der Waals surface area contributed by atoms with Crippen LogP contribution in [0.5, 0.6) is 5.75 Å². The number of benzene rings is 1. The predicted octanol–water partition coefficient (Wildman–Crippen LogP) is 2.70. The lowest BCUT2D eigenvalue weighted by molar-refractivity contribution is -0.137. The third kappa shape index (κ3) is 8.09. The van der Waals surface area contributed by atoms with Crippen LogP contribution in [0.25, 0.3) is 11.3 Å². The topological polar surface area (TPSA) is 107 Å². The number of hydrogen-bond donors (Lipinski definition) is 3. The number of carbonyl (C=O) groups excluding carboxylic acids is 1. The van der Waals surface area contributed by atoms with Crippen molar-refractivity contribution in [3.63, 3.8) is 0 Å². The summed E-state index contributed by atoms with van der Waals surface area (Å²) in [5.41, 5.74) is 1.48. The van der Waals surface area contributed by atoms with Gasteiger partial charge in [0.2, 0.25) is 5.91 Å². The van der Waals surface area contributed by atoms with Crippen molar-refractivity contribution in [2.24, 2.45) is 10.9 Å². The van der Waals surface area contributed by atoms with E-state index in [2.05, 4.69) is 20.5 Å². The number of amidine groups is 1. The lowest BCUT2D eigenvalue weighted by Gasteiger charge is -2.37. The van der Waals surface area contributed by atoms with E-state index in [0.29, 0.717) is 56.2 Å². The minimum Gasteiger partial charge on any atom is -0.494 e. The summed E-state index contributed by atoms with van der Waals surface area (Å²) < 4.78 is 21.5. The monoisotopic (exact) mass is 603 g/mol. The van der Waals surface area contributed by atoms with Crippen LogP contribution in [0.1, 0.15) is 32.5 Å². The van der Waals surface area contributed by atoms with Gasteiger partial charge in [-0.3, -0.25) is 14.7 Å². The van der Waals surface area contributed by atoms with Crippen molar-refractivity contribution in [3.8, 4) is 17.0 Å². The van der Waals surface area contributed by atoms with Crippen molar-refractivity contribution in [1.82, 2.24) is 30.0 Å². The molecule has 0 radical (unpaired) electrons. The number of nitrogens with one attached hydrogen (secondary N) is 2. The molecular weight excluding hydrogens is 561 g/mol. The second-order valence-corrected chi connectivity index (χ2v) is 11.5. The molecule has 0 bridgehead atoms. The Morgan fingerprint density at radius 3 is 2.71 bits per heavy atom. The maximum atomic E-state index is 14.4. The maximum Gasteiger partial charge on any atom is 0.227 e. The van der Waals surface area contributed by atoms with E-state index in [-0.39, 0.29) is 35.6 Å². The van der Waals surface area contributed by atoms with Crippen molar-refractivity contribution >= 4 is 23.3 Å². The molecule has 2 aliphatic heterocycles. The first-order valence-corrected chi connectivity index (χ1v) is 15.1. The number of aliphatic hydroxyl groups excluding tert-OH is 1. The number of aliphatic hydroxyl groups is 1. The number of fused-ring (bicyclic) bond motifs is 1. The molecule has 230 valence electrons. The third-order valence-electron chi connectivity index (χ3n) is 7.83. The van der Waals surface area contributed by atoms with Gasteiger partial charge in [0.25, 0.3) is 0 Å². The zero-order valence-corrected chi connectivity index (χ0v) is 25.5. The lowest BCUT2D eigenvalue weighted by Crippen LogP contribution is -2.52. The van der Waals surface area contributed by atoms with E-state index >= 15 is 0 Å². The molecule has 1 aromatic carbocycles. The van der Waals surface area contributed by atoms with Gasteiger partial charge in [-0.15, -0.1) is 11.6 Å². The Morgan fingerprint density at radius 1 is 1.24 bits per heavy atom. The Labute approximate surface area is 252 Å². The number of rotatable bonds is 13. The van der Waals surface area contributed by atoms with E-state index in [0.717, 1.165) is 31.9 Å². The van der Waals surface area contributed by atoms with Crippen LogP contribution in [0.2, 0.25) is 0 Å². The summed E-state index contributed by atoms with van der Waals surface area (Å²) in [6, 6.07) is 4.79. The zero-order valence-electron chi connectivity index (χ0n) is 24.7. The summed E-state index contributed by atoms with van der Waals surface area (Å²) in [6.45, 7) is 9.97. The molecule has 0 spiro atoms. The first-order chi connectivity index (χ1) is 20.3. The first-order valence-electron chi connectivity index (χ1n) is 14.7. The molecule has 1 saturated heterocycles. The Kier molecular flexibility index (Phi) is 11.8. The quantitative estimate of drug-likeness (QED) is 0.239. The van der Waals surface area contributed by atoms with Gasteiger partial charge in [0.05, 0.1) is 31.5 Å². The van der Waals surface area contributed by atoms with Crippen molar-refractivity contribution in [3.05, 3.63) is 48.3 Å². The van der Waals surface area contributed by atoms with Gasteiger partial charge in [-0.1, -0.05) is 0 Å². The summed E-state index contributed by atoms with van der Waals surface area (Å²) in [7, 11) is 1.44. The van der Waals surface area contributed by atoms with Gasteiger partial charge in [-0.25, -0.2) is 9.37 Å². The Hall–Kier alpha value is -2.99. The van der Waals surface area contributed by atoms with Gasteiger partial charge in [-0.2, -0.15) is 0 Å². The van der Waals surface area contributed by atoms with Crippen molar-refractivity contribution in [1.29, 1.82) is 0 Å². The number of imidazole rings is 1. The number of aliphatic imine (C=N–C) groups is 1. The molecule has 12 heteroatoms. The molecule has 3 N–H and O–H groups in total. The molecule has 1 aromatic heterocycles. The van der Waals surface area contributed by atoms with E-state index in [1.807, 2.05) is 41.7 Å². The largest absolute Gasteiger partial charge is 0.494 e. The number of methoxy groups -OCH3 is 1. The Balaban J connectivity index is 1.37. The Morgan fingerprint density at radius 2 is 2.02 bits per heavy atom. The molecule has 10 nitrogen and oxygen atoms in total. The van der Waals surface area contributed by atoms with E-state index in [4.69, 9.17) is 26.4 Å². The van der Waals surface area contributed by atoms with Gasteiger partial charge >= 0.3 is 0 Å². The Bertz CT molecular complexity index is 1240. The minimum absolute atomic E-state index is 0.0833. The predicted molar refractivity (Wildman–Crippen MR) is 163 cm³/mol. The highest BCUT2D eigenvalue weighted by molar-refractivity contribution is 6.21. The summed E-state index contributed by atoms with van der Waals surface area (Å²) in [4.78, 5) is 27.3. The maximum absolute atomic E-state index is 14.4. The molecule has 3 unspecified atom stereocenters. The lowest BCUT2D eigenvalue weighted by atomic mass is 9.95. The first kappa shape index (κ1) is 31.9. The number of alkyl halides is 1. The van der Waals surface area contributed by atoms with Crippen LogP contribution in [0.15, 0.2) is 41.7 Å². The third-order valence-corrected chi connectivity index (χ3v) is 8.14. The number of piperazine rings is 1. The van der Waals surface area contributed by atoms with E-state index in [9.17, 15) is 9.18 Å². The highest BCUT2D eigenvalue weighted by atomic mass is 35.5. The minimum atomic E-state index is -0.429. The van der Waals surface area contributed by atoms with Crippen LogP contribution in [0, 0.1) is 11.7 Å². The fraction of sp³-hybridized carbons (Fsp3) is 0.567. The summed E-state index contributed by atoms with van der Waals surface area (Å²) >= 11 is 6.55. The molecule has 3 heterocycles. The van der Waals surface area contributed by atoms with Crippen molar-refractivity contribution < 1.29 is 19.0 Å². The SMILES string of the molecule is COc1ccc(-c2cnc3n2CC=CNC3=NC(C)CCC(C(=O)N2CCN(CCNCCO)CC2)C(C)Cl)cc1F. The number of aromatic nitrogens is 2. The van der Waals surface area contributed by atoms with Crippen LogP contribution in [-0.2, 0) is 11.3 Å². The summed E-state index contributed by atoms with van der Waals surface area (Å²) in [5, 5.41) is 15.1. The molecule has 2 aromatic rings. The van der Waals surface area contributed by atoms with E-state index < -0.39 is 5.82 Å². The van der Waals surface area contributed by atoms with Gasteiger partial charge < -0.3 is 29.9 Å². The average Bonchev–Trinajstić information content (AvgIpc) is 3.31. The van der Waals surface area contributed by atoms with Crippen LogP contribution < -0.4 is 15.4 Å². The number of amides is 1. The molecule has 2 aliphatic rings. The number of carbonyl (C=O) groups is 1. The van der Waals surface area contributed by atoms with E-state index in [1.165, 1.54) is 13.2 Å². The van der Waals surface area contributed by atoms with Gasteiger partial charge in [-0.05, 0) is 51.0 Å². The molecule has 4 rings (SSSR count). The molecular formula is C30H43ClFN7O3. The number of nitrogens with zero attached hydrogens (tertiary/aromatic N) is 5. The summed E-state index contributed by atoms with van der Waals surface area (Å²) in [6.07, 6.45) is 6.86. The van der Waals surface area contributed by atoms with Gasteiger partial charge in [0.1, 0.15) is 0 Å². The highest BCUT2D eigenvalue weighted by Crippen LogP contribution is 2.27. The van der Waals surface area contributed by atoms with Crippen LogP contribution in [0.4, 0.5) is 4.39 Å². The smallest absolute Gasteiger partial charge is 0.227 e. The van der Waals surface area contributed by atoms with Gasteiger partial charge in [0.15, 0.2) is 23.2 Å². The van der Waals surface area contributed by atoms with Crippen molar-refractivity contribution in [2.75, 3.05) is 59.5 Å². The number of allylic oxidation sites excluding steroid dienone is 1. The molecule has 1 amide bonds. The fourth-order valence-corrected chi connectivity index (χ4v) is 5.62. The zero-order chi connectivity index (χ0) is 30.1. The van der Waals surface area contributed by atoms with Gasteiger partial charge in [0, 0.05) is 75.5 Å². The van der Waals surface area contributed by atoms with Crippen LogP contribution in [0.3, 0.4) is 0 Å². The average molecular weight is 604 g/mol. The highest BCUT2D eigenvalue weighted by Gasteiger charge is 2.30. The second kappa shape index (κ2) is 15.5. The van der Waals surface area contributed by atoms with E-state index in [1.54, 1.807) is 12.3 Å². The molecule has 0 saturated carbocycles. The second-order valence-electron chi connectivity index (χ2n) is 10.8. The normalized spacial score (nSPS) is 18.7. The number of halogens is 2. The molecule has 3 atom stereocenters. The molecule has 0 aliphatic carbocycles. The number of ether oxygens (including phenoxy) is 1. The summed E-state index contributed by atoms with van der Waals surface area (Å²) in [5.74, 6) is 0.885.